The first kappa shape index (κ1) is 18.0. The molecule has 8 nitrogen and oxygen atoms in total. The molecule has 8 heteroatoms. The summed E-state index contributed by atoms with van der Waals surface area (Å²) < 4.78 is 0. The van der Waals surface area contributed by atoms with Crippen LogP contribution in [-0.4, -0.2) is 71.9 Å². The number of H-pyrrole nitrogens is 1. The molecule has 0 bridgehead atoms. The van der Waals surface area contributed by atoms with Crippen molar-refractivity contribution in [1.82, 2.24) is 19.8 Å². The molecular formula is C16H25N5O3. The molecule has 0 radical (unpaired) electrons. The van der Waals surface area contributed by atoms with Crippen molar-refractivity contribution in [2.75, 3.05) is 45.2 Å². The fourth-order valence-electron chi connectivity index (χ4n) is 2.79. The number of rotatable bonds is 3. The lowest BCUT2D eigenvalue weighted by molar-refractivity contribution is -0.151. The van der Waals surface area contributed by atoms with E-state index in [2.05, 4.69) is 9.97 Å². The molecule has 0 saturated heterocycles. The molecule has 1 N–H and O–H groups in total. The molecule has 0 aromatic carbocycles. The van der Waals surface area contributed by atoms with Crippen LogP contribution >= 0.6 is 0 Å². The molecule has 2 heterocycles. The number of nitrogens with zero attached hydrogens (tertiary/aromatic N) is 4. The Balaban J connectivity index is 2.19. The van der Waals surface area contributed by atoms with Gasteiger partial charge in [0, 0.05) is 52.3 Å². The summed E-state index contributed by atoms with van der Waals surface area (Å²) >= 11 is 0. The smallest absolute Gasteiger partial charge is 0.312 e. The van der Waals surface area contributed by atoms with Crippen molar-refractivity contribution in [3.8, 4) is 0 Å². The average Bonchev–Trinajstić information content (AvgIpc) is 2.78. The van der Waals surface area contributed by atoms with Crippen LogP contribution in [-0.2, 0) is 22.4 Å². The maximum atomic E-state index is 12.4. The summed E-state index contributed by atoms with van der Waals surface area (Å²) in [6, 6.07) is 0. The molecule has 0 aliphatic carbocycles. The van der Waals surface area contributed by atoms with Crippen LogP contribution in [0.5, 0.6) is 0 Å². The largest absolute Gasteiger partial charge is 0.348 e. The molecule has 0 fully saturated rings. The van der Waals surface area contributed by atoms with E-state index in [1.807, 2.05) is 13.8 Å². The minimum absolute atomic E-state index is 0.173. The Kier molecular flexibility index (Phi) is 5.58. The molecular weight excluding hydrogens is 310 g/mol. The predicted octanol–water partition coefficient (Wildman–Crippen LogP) is -0.368. The molecule has 2 rings (SSSR count). The molecule has 1 aliphatic rings. The predicted molar refractivity (Wildman–Crippen MR) is 91.1 cm³/mol. The highest BCUT2D eigenvalue weighted by Crippen LogP contribution is 2.13. The lowest BCUT2D eigenvalue weighted by atomic mass is 10.1. The third-order valence-corrected chi connectivity index (χ3v) is 4.28. The van der Waals surface area contributed by atoms with Gasteiger partial charge < -0.3 is 14.7 Å². The Labute approximate surface area is 141 Å². The highest BCUT2D eigenvalue weighted by atomic mass is 16.2. The number of likely N-dealkylation sites (N-methyl/N-ethyl adjacent to an activating group) is 1. The molecule has 0 saturated carbocycles. The van der Waals surface area contributed by atoms with Crippen molar-refractivity contribution in [3.05, 3.63) is 21.6 Å². The van der Waals surface area contributed by atoms with E-state index in [1.165, 1.54) is 9.80 Å². The molecule has 0 atom stereocenters. The van der Waals surface area contributed by atoms with Gasteiger partial charge in [-0.2, -0.15) is 0 Å². The lowest BCUT2D eigenvalue weighted by Crippen LogP contribution is -2.46. The number of aromatic nitrogens is 2. The summed E-state index contributed by atoms with van der Waals surface area (Å²) in [4.78, 5) is 48.9. The Morgan fingerprint density at radius 1 is 1.17 bits per heavy atom. The van der Waals surface area contributed by atoms with Crippen LogP contribution in [0.25, 0.3) is 0 Å². The number of anilines is 1. The third-order valence-electron chi connectivity index (χ3n) is 4.28. The van der Waals surface area contributed by atoms with Crippen molar-refractivity contribution < 1.29 is 9.59 Å². The first-order chi connectivity index (χ1) is 11.4. The number of fused-ring (bicyclic) bond motifs is 1. The van der Waals surface area contributed by atoms with Gasteiger partial charge in [-0.05, 0) is 20.3 Å². The first-order valence-electron chi connectivity index (χ1n) is 8.26. The molecule has 0 unspecified atom stereocenters. The van der Waals surface area contributed by atoms with Gasteiger partial charge in [0.25, 0.3) is 5.56 Å². The molecule has 132 valence electrons. The summed E-state index contributed by atoms with van der Waals surface area (Å²) in [6.07, 6.45) is 0.875. The topological polar surface area (TPSA) is 89.6 Å². The zero-order valence-corrected chi connectivity index (χ0v) is 14.8. The van der Waals surface area contributed by atoms with Gasteiger partial charge >= 0.3 is 11.8 Å². The summed E-state index contributed by atoms with van der Waals surface area (Å²) in [5, 5.41) is 0. The highest BCUT2D eigenvalue weighted by molar-refractivity contribution is 6.34. The van der Waals surface area contributed by atoms with E-state index in [0.717, 1.165) is 0 Å². The molecule has 1 aliphatic heterocycles. The van der Waals surface area contributed by atoms with Crippen LogP contribution in [0, 0.1) is 0 Å². The van der Waals surface area contributed by atoms with Gasteiger partial charge in [-0.15, -0.1) is 0 Å². The number of carbonyl (C=O) groups is 2. The van der Waals surface area contributed by atoms with Gasteiger partial charge in [0.1, 0.15) is 0 Å². The van der Waals surface area contributed by atoms with Crippen molar-refractivity contribution >= 4 is 17.8 Å². The monoisotopic (exact) mass is 335 g/mol. The van der Waals surface area contributed by atoms with Crippen LogP contribution in [0.2, 0.25) is 0 Å². The number of carbonyl (C=O) groups excluding carboxylic acids is 2. The second-order valence-corrected chi connectivity index (χ2v) is 5.98. The Bertz CT molecular complexity index is 679. The van der Waals surface area contributed by atoms with E-state index < -0.39 is 11.8 Å². The average molecular weight is 335 g/mol. The second kappa shape index (κ2) is 7.46. The van der Waals surface area contributed by atoms with Gasteiger partial charge in [-0.3, -0.25) is 19.4 Å². The molecule has 1 aromatic heterocycles. The van der Waals surface area contributed by atoms with Crippen molar-refractivity contribution in [3.63, 3.8) is 0 Å². The summed E-state index contributed by atoms with van der Waals surface area (Å²) in [7, 11) is 3.61. The quantitative estimate of drug-likeness (QED) is 0.762. The standard InChI is InChI=1S/C16H25N5O3/c1-5-20(6-2)14(23)15(24)21-9-7-11-12(8-10-21)17-16(19(3)4)18-13(11)22/h5-10H2,1-4H3,(H,17,18,22). The van der Waals surface area contributed by atoms with Gasteiger partial charge in [0.15, 0.2) is 0 Å². The van der Waals surface area contributed by atoms with E-state index in [0.29, 0.717) is 56.2 Å². The van der Waals surface area contributed by atoms with Crippen molar-refractivity contribution in [1.29, 1.82) is 0 Å². The van der Waals surface area contributed by atoms with E-state index >= 15 is 0 Å². The number of nitrogens with one attached hydrogen (secondary N) is 1. The maximum Gasteiger partial charge on any atom is 0.312 e. The van der Waals surface area contributed by atoms with Crippen LogP contribution in [0.1, 0.15) is 25.1 Å². The Hall–Kier alpha value is -2.38. The number of aromatic amines is 1. The van der Waals surface area contributed by atoms with Gasteiger partial charge in [0.2, 0.25) is 5.95 Å². The van der Waals surface area contributed by atoms with Crippen LogP contribution in [0.4, 0.5) is 5.95 Å². The van der Waals surface area contributed by atoms with E-state index in [9.17, 15) is 14.4 Å². The maximum absolute atomic E-state index is 12.4. The Morgan fingerprint density at radius 2 is 1.79 bits per heavy atom. The SMILES string of the molecule is CCN(CC)C(=O)C(=O)N1CCc2nc(N(C)C)[nH]c(=O)c2CC1. The van der Waals surface area contributed by atoms with Gasteiger partial charge in [-0.25, -0.2) is 4.98 Å². The summed E-state index contributed by atoms with van der Waals surface area (Å²) in [5.41, 5.74) is 1.13. The van der Waals surface area contributed by atoms with Gasteiger partial charge in [-0.1, -0.05) is 0 Å². The lowest BCUT2D eigenvalue weighted by Gasteiger charge is -2.24. The summed E-state index contributed by atoms with van der Waals surface area (Å²) in [6.45, 7) is 5.44. The minimum Gasteiger partial charge on any atom is -0.348 e. The van der Waals surface area contributed by atoms with Crippen LogP contribution < -0.4 is 10.5 Å². The number of hydrogen-bond acceptors (Lipinski definition) is 5. The zero-order chi connectivity index (χ0) is 17.9. The van der Waals surface area contributed by atoms with E-state index in [1.54, 1.807) is 19.0 Å². The zero-order valence-electron chi connectivity index (χ0n) is 14.8. The van der Waals surface area contributed by atoms with Crippen LogP contribution in [0.15, 0.2) is 4.79 Å². The van der Waals surface area contributed by atoms with E-state index in [-0.39, 0.29) is 5.56 Å². The molecule has 1 aromatic rings. The molecule has 2 amide bonds. The van der Waals surface area contributed by atoms with Crippen LogP contribution in [0.3, 0.4) is 0 Å². The number of hydrogen-bond donors (Lipinski definition) is 1. The first-order valence-corrected chi connectivity index (χ1v) is 8.26. The van der Waals surface area contributed by atoms with Gasteiger partial charge in [0.05, 0.1) is 5.69 Å². The van der Waals surface area contributed by atoms with E-state index in [4.69, 9.17) is 0 Å². The fourth-order valence-corrected chi connectivity index (χ4v) is 2.79. The van der Waals surface area contributed by atoms with Crippen molar-refractivity contribution in [2.45, 2.75) is 26.7 Å². The molecule has 24 heavy (non-hydrogen) atoms. The normalized spacial score (nSPS) is 13.9. The fraction of sp³-hybridized carbons (Fsp3) is 0.625. The molecule has 0 spiro atoms. The summed E-state index contributed by atoms with van der Waals surface area (Å²) in [5.74, 6) is -0.490. The third kappa shape index (κ3) is 3.58. The highest BCUT2D eigenvalue weighted by Gasteiger charge is 2.28. The number of amides is 2. The Morgan fingerprint density at radius 3 is 2.38 bits per heavy atom. The second-order valence-electron chi connectivity index (χ2n) is 5.98. The van der Waals surface area contributed by atoms with Crippen molar-refractivity contribution in [2.24, 2.45) is 0 Å². The minimum atomic E-state index is -0.504.